The number of rotatable bonds is 3. The van der Waals surface area contributed by atoms with Crippen LogP contribution in [0.3, 0.4) is 0 Å². The second-order valence-corrected chi connectivity index (χ2v) is 11.3. The van der Waals surface area contributed by atoms with Gasteiger partial charge in [0.15, 0.2) is 0 Å². The van der Waals surface area contributed by atoms with Crippen LogP contribution in [0.1, 0.15) is 22.4 Å². The van der Waals surface area contributed by atoms with Crippen LogP contribution in [0.5, 0.6) is 0 Å². The van der Waals surface area contributed by atoms with Crippen molar-refractivity contribution in [1.82, 2.24) is 19.9 Å². The maximum atomic E-state index is 6.17. The third-order valence-electron chi connectivity index (χ3n) is 7.93. The number of hydrogen-bond donors (Lipinski definition) is 0. The van der Waals surface area contributed by atoms with Crippen LogP contribution >= 0.6 is 0 Å². The molecule has 0 fully saturated rings. The molecule has 6 heteroatoms. The Bertz CT molecular complexity index is 2270. The van der Waals surface area contributed by atoms with Crippen molar-refractivity contribution in [2.45, 2.75) is 27.7 Å². The number of hydrogen-bond acceptors (Lipinski definition) is 5. The van der Waals surface area contributed by atoms with Gasteiger partial charge in [-0.2, -0.15) is 0 Å². The number of furan rings is 1. The number of aryl methyl sites for hydroxylation is 4. The molecular weight excluding hydrogens is 745 g/mol. The SMILES string of the molecule is Cc1c[c-]c(-c2ccc(C)cn2)cc1.Cc1ccc2c(n1)oc1c(-c3cc(-c4c(C)ccc5cnccc45)ccn3)[c-]ccc12.[Ir]. The van der Waals surface area contributed by atoms with Gasteiger partial charge in [-0.15, -0.1) is 53.6 Å². The first-order valence-electron chi connectivity index (χ1n) is 14.9. The summed E-state index contributed by atoms with van der Waals surface area (Å²) >= 11 is 0. The van der Waals surface area contributed by atoms with Gasteiger partial charge in [-0.25, -0.2) is 4.98 Å². The Hall–Kier alpha value is -5.03. The third-order valence-corrected chi connectivity index (χ3v) is 7.93. The summed E-state index contributed by atoms with van der Waals surface area (Å²) in [6, 6.07) is 35.2. The van der Waals surface area contributed by atoms with Crippen molar-refractivity contribution < 1.29 is 24.5 Å². The van der Waals surface area contributed by atoms with Gasteiger partial charge in [0.2, 0.25) is 5.71 Å². The van der Waals surface area contributed by atoms with Gasteiger partial charge in [0.05, 0.1) is 5.58 Å². The van der Waals surface area contributed by atoms with E-state index in [0.29, 0.717) is 5.71 Å². The summed E-state index contributed by atoms with van der Waals surface area (Å²) in [5.74, 6) is 0. The average molecular weight is 775 g/mol. The van der Waals surface area contributed by atoms with Crippen molar-refractivity contribution in [3.05, 3.63) is 144 Å². The van der Waals surface area contributed by atoms with Crippen LogP contribution in [0.2, 0.25) is 0 Å². The molecule has 0 aliphatic heterocycles. The zero-order valence-electron chi connectivity index (χ0n) is 25.9. The molecule has 0 amide bonds. The molecule has 46 heavy (non-hydrogen) atoms. The molecule has 0 atom stereocenters. The second-order valence-electron chi connectivity index (χ2n) is 11.3. The van der Waals surface area contributed by atoms with E-state index in [1.165, 1.54) is 27.6 Å². The summed E-state index contributed by atoms with van der Waals surface area (Å²) in [6.07, 6.45) is 7.47. The molecule has 227 valence electrons. The molecule has 1 radical (unpaired) electrons. The Kier molecular flexibility index (Phi) is 8.85. The fourth-order valence-corrected chi connectivity index (χ4v) is 5.58. The van der Waals surface area contributed by atoms with E-state index in [0.717, 1.165) is 55.5 Å². The Balaban J connectivity index is 0.000000209. The molecule has 0 unspecified atom stereocenters. The minimum atomic E-state index is 0. The van der Waals surface area contributed by atoms with Gasteiger partial charge >= 0.3 is 0 Å². The molecule has 5 aromatic heterocycles. The summed E-state index contributed by atoms with van der Waals surface area (Å²) in [4.78, 5) is 17.8. The first-order valence-corrected chi connectivity index (χ1v) is 14.9. The maximum Gasteiger partial charge on any atom is 0.216 e. The predicted molar refractivity (Wildman–Crippen MR) is 182 cm³/mol. The molecule has 0 N–H and O–H groups in total. The van der Waals surface area contributed by atoms with E-state index in [2.05, 4.69) is 94.4 Å². The number of fused-ring (bicyclic) bond motifs is 4. The summed E-state index contributed by atoms with van der Waals surface area (Å²) in [6.45, 7) is 8.20. The van der Waals surface area contributed by atoms with E-state index in [9.17, 15) is 0 Å². The van der Waals surface area contributed by atoms with Crippen molar-refractivity contribution in [3.63, 3.8) is 0 Å². The van der Waals surface area contributed by atoms with Gasteiger partial charge in [0.1, 0.15) is 0 Å². The van der Waals surface area contributed by atoms with Gasteiger partial charge < -0.3 is 14.4 Å². The molecule has 0 spiro atoms. The van der Waals surface area contributed by atoms with Crippen LogP contribution < -0.4 is 0 Å². The Morgan fingerprint density at radius 1 is 0.674 bits per heavy atom. The second kappa shape index (κ2) is 13.1. The Morgan fingerprint density at radius 2 is 1.54 bits per heavy atom. The monoisotopic (exact) mass is 775 g/mol. The first kappa shape index (κ1) is 31.0. The Labute approximate surface area is 281 Å². The molecule has 0 bridgehead atoms. The number of aromatic nitrogens is 4. The van der Waals surface area contributed by atoms with E-state index < -0.39 is 0 Å². The van der Waals surface area contributed by atoms with E-state index in [4.69, 9.17) is 4.42 Å². The van der Waals surface area contributed by atoms with Gasteiger partial charge in [0, 0.05) is 61.4 Å². The van der Waals surface area contributed by atoms with Crippen molar-refractivity contribution in [2.24, 2.45) is 0 Å². The summed E-state index contributed by atoms with van der Waals surface area (Å²) in [5.41, 5.74) is 11.9. The topological polar surface area (TPSA) is 64.7 Å². The predicted octanol–water partition coefficient (Wildman–Crippen LogP) is 9.84. The standard InChI is InChI=1S/C27H18N3O.C13H12N.Ir/c1-16-6-8-19-15-28-12-11-20(19)25(16)18-10-13-29-24(14-18)23-5-3-4-21-22-9-7-17(2)30-27(22)31-26(21)23;1-10-3-6-12(7-4-10)13-8-5-11(2)9-14-13;/h3-4,6-15H,1-2H3;3-6,8-9H,1-2H3;/q2*-1;. The van der Waals surface area contributed by atoms with Crippen LogP contribution in [-0.4, -0.2) is 19.9 Å². The van der Waals surface area contributed by atoms with E-state index >= 15 is 0 Å². The van der Waals surface area contributed by atoms with E-state index in [1.807, 2.05) is 75.0 Å². The molecule has 0 aliphatic carbocycles. The third kappa shape index (κ3) is 6.10. The summed E-state index contributed by atoms with van der Waals surface area (Å²) in [7, 11) is 0. The molecule has 8 rings (SSSR count). The fourth-order valence-electron chi connectivity index (χ4n) is 5.58. The number of pyridine rings is 4. The van der Waals surface area contributed by atoms with Crippen molar-refractivity contribution in [1.29, 1.82) is 0 Å². The van der Waals surface area contributed by atoms with Crippen LogP contribution in [0.15, 0.2) is 114 Å². The summed E-state index contributed by atoms with van der Waals surface area (Å²) < 4.78 is 6.17. The van der Waals surface area contributed by atoms with E-state index in [-0.39, 0.29) is 20.1 Å². The number of benzene rings is 3. The first-order chi connectivity index (χ1) is 21.9. The maximum absolute atomic E-state index is 6.17. The molecule has 0 saturated heterocycles. The normalized spacial score (nSPS) is 10.9. The largest absolute Gasteiger partial charge is 0.486 e. The molecule has 0 saturated carbocycles. The number of nitrogens with zero attached hydrogens (tertiary/aromatic N) is 4. The van der Waals surface area contributed by atoms with Gasteiger partial charge in [-0.05, 0) is 84.1 Å². The molecule has 3 aromatic carbocycles. The Morgan fingerprint density at radius 3 is 2.35 bits per heavy atom. The zero-order valence-corrected chi connectivity index (χ0v) is 28.3. The molecular formula is C40H30IrN4O-2. The average Bonchev–Trinajstić information content (AvgIpc) is 3.43. The van der Waals surface area contributed by atoms with Crippen molar-refractivity contribution >= 4 is 32.8 Å². The van der Waals surface area contributed by atoms with Crippen molar-refractivity contribution in [3.8, 4) is 33.6 Å². The van der Waals surface area contributed by atoms with Gasteiger partial charge in [-0.3, -0.25) is 4.98 Å². The van der Waals surface area contributed by atoms with E-state index in [1.54, 1.807) is 0 Å². The van der Waals surface area contributed by atoms with Crippen LogP contribution in [0.4, 0.5) is 0 Å². The summed E-state index contributed by atoms with van der Waals surface area (Å²) in [5, 5.41) is 4.33. The fraction of sp³-hybridized carbons (Fsp3) is 0.100. The quantitative estimate of drug-likeness (QED) is 0.167. The van der Waals surface area contributed by atoms with Crippen LogP contribution in [-0.2, 0) is 20.1 Å². The smallest absolute Gasteiger partial charge is 0.216 e. The van der Waals surface area contributed by atoms with Crippen LogP contribution in [0.25, 0.3) is 66.5 Å². The molecule has 8 aromatic rings. The van der Waals surface area contributed by atoms with Gasteiger partial charge in [0.25, 0.3) is 0 Å². The van der Waals surface area contributed by atoms with Crippen LogP contribution in [0, 0.1) is 39.8 Å². The molecule has 0 aliphatic rings. The minimum Gasteiger partial charge on any atom is -0.486 e. The van der Waals surface area contributed by atoms with Crippen molar-refractivity contribution in [2.75, 3.05) is 0 Å². The zero-order chi connectivity index (χ0) is 30.9. The minimum absolute atomic E-state index is 0. The molecule has 5 heterocycles. The molecule has 5 nitrogen and oxygen atoms in total. The van der Waals surface area contributed by atoms with Gasteiger partial charge in [-0.1, -0.05) is 48.2 Å².